The Labute approximate surface area is 228 Å². The Bertz CT molecular complexity index is 616. The number of thiol groups is 2. The molecule has 0 aromatic carbocycles. The summed E-state index contributed by atoms with van der Waals surface area (Å²) < 4.78 is 21.8. The highest BCUT2D eigenvalue weighted by Crippen LogP contribution is 2.24. The van der Waals surface area contributed by atoms with E-state index in [1.54, 1.807) is 13.8 Å². The first kappa shape index (κ1) is 34.3. The van der Waals surface area contributed by atoms with Gasteiger partial charge in [-0.3, -0.25) is 19.2 Å². The van der Waals surface area contributed by atoms with Crippen LogP contribution in [0.1, 0.15) is 53.4 Å². The van der Waals surface area contributed by atoms with Crippen LogP contribution in [-0.4, -0.2) is 83.8 Å². The summed E-state index contributed by atoms with van der Waals surface area (Å²) in [6, 6.07) is 0. The lowest BCUT2D eigenvalue weighted by Gasteiger charge is -2.32. The van der Waals surface area contributed by atoms with Crippen LogP contribution in [0.5, 0.6) is 0 Å². The van der Waals surface area contributed by atoms with Crippen molar-refractivity contribution in [2.75, 3.05) is 38.9 Å². The maximum Gasteiger partial charge on any atom is 0.306 e. The Morgan fingerprint density at radius 3 is 1.09 bits per heavy atom. The molecular formula is C23H40O8S4. The minimum absolute atomic E-state index is 0.0483. The summed E-state index contributed by atoms with van der Waals surface area (Å²) in [6.07, 6.45) is 4.26. The predicted molar refractivity (Wildman–Crippen MR) is 148 cm³/mol. The highest BCUT2D eigenvalue weighted by atomic mass is 32.2. The van der Waals surface area contributed by atoms with Crippen molar-refractivity contribution < 1.29 is 38.1 Å². The first-order valence-corrected chi connectivity index (χ1v) is 15.0. The zero-order valence-corrected chi connectivity index (χ0v) is 24.9. The van der Waals surface area contributed by atoms with E-state index < -0.39 is 29.3 Å². The Balaban J connectivity index is 5.66. The zero-order chi connectivity index (χ0) is 27.0. The molecule has 0 heterocycles. The molecule has 0 fully saturated rings. The average molecular weight is 573 g/mol. The topological polar surface area (TPSA) is 105 Å². The predicted octanol–water partition coefficient (Wildman–Crippen LogP) is 3.85. The molecule has 0 aromatic heterocycles. The number of carbonyl (C=O) groups is 4. The van der Waals surface area contributed by atoms with Crippen LogP contribution < -0.4 is 0 Å². The molecule has 4 unspecified atom stereocenters. The van der Waals surface area contributed by atoms with Gasteiger partial charge in [0.2, 0.25) is 0 Å². The molecule has 0 aliphatic carbocycles. The standard InChI is InChI=1S/C23H40O8S4/c1-15(32)7-19(24)28-11-23(12-29-20(25)8-16(2)33,13-30-21(26)9-17(3)34-5)14-31-22(27)10-18(4)35-6/h15-18,32-33H,7-14H2,1-6H3. The number of hydrogen-bond acceptors (Lipinski definition) is 12. The van der Waals surface area contributed by atoms with Crippen molar-refractivity contribution >= 4 is 72.7 Å². The molecule has 4 atom stereocenters. The normalized spacial score (nSPS) is 16.2. The Hall–Kier alpha value is -0.720. The third kappa shape index (κ3) is 17.4. The van der Waals surface area contributed by atoms with Gasteiger partial charge in [-0.25, -0.2) is 0 Å². The third-order valence-corrected chi connectivity index (χ3v) is 7.10. The first-order valence-electron chi connectivity index (χ1n) is 11.4. The van der Waals surface area contributed by atoms with Crippen LogP contribution in [-0.2, 0) is 38.1 Å². The molecule has 0 radical (unpaired) electrons. The molecule has 0 saturated carbocycles. The number of esters is 4. The third-order valence-electron chi connectivity index (χ3n) is 4.79. The first-order chi connectivity index (χ1) is 16.3. The van der Waals surface area contributed by atoms with Gasteiger partial charge >= 0.3 is 23.9 Å². The lowest BCUT2D eigenvalue weighted by atomic mass is 9.92. The van der Waals surface area contributed by atoms with E-state index in [1.807, 2.05) is 26.4 Å². The second-order valence-corrected chi connectivity index (χ2v) is 13.1. The molecule has 12 heteroatoms. The molecule has 0 bridgehead atoms. The summed E-state index contributed by atoms with van der Waals surface area (Å²) in [5.74, 6) is -1.94. The summed E-state index contributed by atoms with van der Waals surface area (Å²) >= 11 is 11.4. The van der Waals surface area contributed by atoms with Gasteiger partial charge in [0.25, 0.3) is 0 Å². The highest BCUT2D eigenvalue weighted by molar-refractivity contribution is 7.99. The molecule has 0 saturated heterocycles. The van der Waals surface area contributed by atoms with Gasteiger partial charge in [-0.2, -0.15) is 48.8 Å². The number of hydrogen-bond donors (Lipinski definition) is 2. The molecular weight excluding hydrogens is 533 g/mol. The molecule has 0 aliphatic heterocycles. The summed E-state index contributed by atoms with van der Waals surface area (Å²) in [4.78, 5) is 49.2. The fourth-order valence-electron chi connectivity index (χ4n) is 2.54. The Kier molecular flexibility index (Phi) is 18.1. The second-order valence-electron chi connectivity index (χ2n) is 8.75. The van der Waals surface area contributed by atoms with E-state index >= 15 is 0 Å². The van der Waals surface area contributed by atoms with E-state index in [0.29, 0.717) is 0 Å². The van der Waals surface area contributed by atoms with Crippen molar-refractivity contribution in [1.29, 1.82) is 0 Å². The van der Waals surface area contributed by atoms with Crippen molar-refractivity contribution in [2.45, 2.75) is 74.4 Å². The lowest BCUT2D eigenvalue weighted by molar-refractivity contribution is -0.170. The Morgan fingerprint density at radius 2 is 0.857 bits per heavy atom. The van der Waals surface area contributed by atoms with Gasteiger partial charge in [0.1, 0.15) is 31.8 Å². The Morgan fingerprint density at radius 1 is 0.600 bits per heavy atom. The maximum absolute atomic E-state index is 12.4. The van der Waals surface area contributed by atoms with Gasteiger partial charge in [-0.1, -0.05) is 27.7 Å². The van der Waals surface area contributed by atoms with E-state index in [0.717, 1.165) is 0 Å². The highest BCUT2D eigenvalue weighted by Gasteiger charge is 2.38. The molecule has 0 N–H and O–H groups in total. The van der Waals surface area contributed by atoms with Crippen LogP contribution in [0.15, 0.2) is 0 Å². The van der Waals surface area contributed by atoms with Crippen LogP contribution in [0.2, 0.25) is 0 Å². The molecule has 0 spiro atoms. The zero-order valence-electron chi connectivity index (χ0n) is 21.4. The van der Waals surface area contributed by atoms with Gasteiger partial charge in [-0.05, 0) is 12.5 Å². The average Bonchev–Trinajstić information content (AvgIpc) is 2.76. The molecule has 0 aromatic rings. The van der Waals surface area contributed by atoms with Gasteiger partial charge in [0.05, 0.1) is 25.7 Å². The monoisotopic (exact) mass is 572 g/mol. The summed E-state index contributed by atoms with van der Waals surface area (Å²) in [5.41, 5.74) is -1.26. The summed E-state index contributed by atoms with van der Waals surface area (Å²) in [7, 11) is 0. The fourth-order valence-corrected chi connectivity index (χ4v) is 3.44. The fraction of sp³-hybridized carbons (Fsp3) is 0.826. The molecule has 8 nitrogen and oxygen atoms in total. The van der Waals surface area contributed by atoms with Crippen LogP contribution in [0.4, 0.5) is 0 Å². The second kappa shape index (κ2) is 18.5. The summed E-state index contributed by atoms with van der Waals surface area (Å²) in [6.45, 7) is 6.24. The molecule has 0 amide bonds. The quantitative estimate of drug-likeness (QED) is 0.143. The van der Waals surface area contributed by atoms with Crippen LogP contribution in [0, 0.1) is 5.41 Å². The van der Waals surface area contributed by atoms with E-state index in [1.165, 1.54) is 23.5 Å². The molecule has 204 valence electrons. The molecule has 0 rings (SSSR count). The van der Waals surface area contributed by atoms with Crippen molar-refractivity contribution in [2.24, 2.45) is 5.41 Å². The van der Waals surface area contributed by atoms with Crippen molar-refractivity contribution in [3.8, 4) is 0 Å². The van der Waals surface area contributed by atoms with Crippen molar-refractivity contribution in [3.05, 3.63) is 0 Å². The minimum Gasteiger partial charge on any atom is -0.465 e. The van der Waals surface area contributed by atoms with E-state index in [4.69, 9.17) is 18.9 Å². The smallest absolute Gasteiger partial charge is 0.306 e. The number of ether oxygens (including phenoxy) is 4. The van der Waals surface area contributed by atoms with Gasteiger partial charge in [-0.15, -0.1) is 0 Å². The molecule has 0 aliphatic rings. The van der Waals surface area contributed by atoms with E-state index in [9.17, 15) is 19.2 Å². The van der Waals surface area contributed by atoms with Gasteiger partial charge in [0.15, 0.2) is 0 Å². The number of thioether (sulfide) groups is 2. The SMILES string of the molecule is CSC(C)CC(=O)OCC(COC(=O)CC(C)S)(COC(=O)CC(C)S)COC(=O)CC(C)SC. The largest absolute Gasteiger partial charge is 0.465 e. The van der Waals surface area contributed by atoms with Crippen molar-refractivity contribution in [3.63, 3.8) is 0 Å². The maximum atomic E-state index is 12.4. The van der Waals surface area contributed by atoms with E-state index in [-0.39, 0.29) is 73.1 Å². The van der Waals surface area contributed by atoms with Crippen molar-refractivity contribution in [1.82, 2.24) is 0 Å². The van der Waals surface area contributed by atoms with Crippen LogP contribution >= 0.6 is 48.8 Å². The van der Waals surface area contributed by atoms with Gasteiger partial charge < -0.3 is 18.9 Å². The summed E-state index contributed by atoms with van der Waals surface area (Å²) in [5, 5.41) is -0.342. The van der Waals surface area contributed by atoms with Gasteiger partial charge in [0, 0.05) is 21.0 Å². The van der Waals surface area contributed by atoms with E-state index in [2.05, 4.69) is 25.3 Å². The molecule has 35 heavy (non-hydrogen) atoms. The minimum atomic E-state index is -1.26. The lowest BCUT2D eigenvalue weighted by Crippen LogP contribution is -2.44. The van der Waals surface area contributed by atoms with Crippen LogP contribution in [0.3, 0.4) is 0 Å². The van der Waals surface area contributed by atoms with Crippen LogP contribution in [0.25, 0.3) is 0 Å². The number of rotatable bonds is 18. The number of carbonyl (C=O) groups excluding carboxylic acids is 4.